The minimum atomic E-state index is -1.18. The second-order valence-corrected chi connectivity index (χ2v) is 3.66. The molecule has 20 heavy (non-hydrogen) atoms. The third-order valence-corrected chi connectivity index (χ3v) is 2.23. The summed E-state index contributed by atoms with van der Waals surface area (Å²) in [6.45, 7) is 0. The smallest absolute Gasteiger partial charge is 0.303 e. The number of hydrogen-bond acceptors (Lipinski definition) is 6. The molecule has 0 fully saturated rings. The van der Waals surface area contributed by atoms with Gasteiger partial charge in [-0.2, -0.15) is 0 Å². The van der Waals surface area contributed by atoms with E-state index in [4.69, 9.17) is 5.11 Å². The number of rotatable bonds is 6. The highest BCUT2D eigenvalue weighted by molar-refractivity contribution is 5.94. The van der Waals surface area contributed by atoms with Gasteiger partial charge in [0.05, 0.1) is 22.3 Å². The molecule has 0 spiro atoms. The van der Waals surface area contributed by atoms with Crippen molar-refractivity contribution in [2.45, 2.75) is 12.8 Å². The highest BCUT2D eigenvalue weighted by Crippen LogP contribution is 2.28. The van der Waals surface area contributed by atoms with Gasteiger partial charge in [-0.15, -0.1) is 0 Å². The molecule has 1 amide bonds. The second-order valence-electron chi connectivity index (χ2n) is 3.66. The summed E-state index contributed by atoms with van der Waals surface area (Å²) < 4.78 is 0. The van der Waals surface area contributed by atoms with Crippen LogP contribution in [0.4, 0.5) is 17.1 Å². The largest absolute Gasteiger partial charge is 0.481 e. The van der Waals surface area contributed by atoms with Crippen molar-refractivity contribution in [1.29, 1.82) is 0 Å². The normalized spacial score (nSPS) is 9.80. The van der Waals surface area contributed by atoms with Crippen LogP contribution in [0.1, 0.15) is 12.8 Å². The predicted molar refractivity (Wildman–Crippen MR) is 65.3 cm³/mol. The Balaban J connectivity index is 2.94. The number of carbonyl (C=O) groups is 2. The predicted octanol–water partition coefficient (Wildman–Crippen LogP) is 1.31. The molecule has 10 heteroatoms. The monoisotopic (exact) mass is 283 g/mol. The van der Waals surface area contributed by atoms with Gasteiger partial charge in [-0.1, -0.05) is 0 Å². The number of nitrogens with zero attached hydrogens (tertiary/aromatic N) is 2. The number of nitro groups is 2. The number of carbonyl (C=O) groups excluding carboxylic acids is 1. The first kappa shape index (κ1) is 15.0. The fraction of sp³-hybridized carbons (Fsp3) is 0.200. The van der Waals surface area contributed by atoms with Crippen molar-refractivity contribution < 1.29 is 24.5 Å². The standard InChI is InChI=1S/C10H9N3O7/c14-9(3-4-10(15)16)11-7-2-1-6(12(17)18)5-8(7)13(19)20/h1-2,5H,3-4H2,(H,11,14)(H,15,16). The van der Waals surface area contributed by atoms with Crippen molar-refractivity contribution in [3.05, 3.63) is 38.4 Å². The van der Waals surface area contributed by atoms with E-state index in [0.29, 0.717) is 6.07 Å². The molecule has 0 unspecified atom stereocenters. The molecular formula is C10H9N3O7. The Kier molecular flexibility index (Phi) is 4.67. The molecule has 0 saturated carbocycles. The molecule has 0 aliphatic carbocycles. The topological polar surface area (TPSA) is 153 Å². The summed E-state index contributed by atoms with van der Waals surface area (Å²) in [5, 5.41) is 31.9. The molecule has 0 atom stereocenters. The fourth-order valence-corrected chi connectivity index (χ4v) is 1.32. The van der Waals surface area contributed by atoms with Crippen LogP contribution in [-0.2, 0) is 9.59 Å². The first-order valence-electron chi connectivity index (χ1n) is 5.25. The molecule has 1 rings (SSSR count). The summed E-state index contributed by atoms with van der Waals surface area (Å²) >= 11 is 0. The first-order chi connectivity index (χ1) is 9.31. The number of benzene rings is 1. The molecule has 2 N–H and O–H groups in total. The van der Waals surface area contributed by atoms with E-state index in [1.54, 1.807) is 0 Å². The number of aliphatic carboxylic acids is 1. The number of amides is 1. The van der Waals surface area contributed by atoms with Gasteiger partial charge in [0, 0.05) is 12.5 Å². The van der Waals surface area contributed by atoms with Crippen molar-refractivity contribution in [2.75, 3.05) is 5.32 Å². The molecule has 1 aromatic carbocycles. The van der Waals surface area contributed by atoms with Gasteiger partial charge in [-0.25, -0.2) is 0 Å². The van der Waals surface area contributed by atoms with Crippen LogP contribution in [0.5, 0.6) is 0 Å². The number of carboxylic acids is 1. The van der Waals surface area contributed by atoms with Gasteiger partial charge >= 0.3 is 5.97 Å². The highest BCUT2D eigenvalue weighted by atomic mass is 16.6. The van der Waals surface area contributed by atoms with Crippen LogP contribution in [-0.4, -0.2) is 26.8 Å². The SMILES string of the molecule is O=C(O)CCC(=O)Nc1ccc([N+](=O)[O-])cc1[N+](=O)[O-]. The van der Waals surface area contributed by atoms with Gasteiger partial charge in [0.2, 0.25) is 5.91 Å². The first-order valence-corrected chi connectivity index (χ1v) is 5.25. The van der Waals surface area contributed by atoms with E-state index in [-0.39, 0.29) is 12.1 Å². The summed E-state index contributed by atoms with van der Waals surface area (Å²) in [6.07, 6.45) is -0.782. The lowest BCUT2D eigenvalue weighted by Crippen LogP contribution is -2.14. The van der Waals surface area contributed by atoms with Crippen molar-refractivity contribution in [2.24, 2.45) is 0 Å². The molecule has 0 aliphatic rings. The van der Waals surface area contributed by atoms with Crippen molar-refractivity contribution in [3.8, 4) is 0 Å². The number of carboxylic acid groups (broad SMARTS) is 1. The molecule has 0 radical (unpaired) electrons. The zero-order valence-corrected chi connectivity index (χ0v) is 9.94. The molecule has 0 bridgehead atoms. The number of anilines is 1. The lowest BCUT2D eigenvalue weighted by Gasteiger charge is -2.05. The van der Waals surface area contributed by atoms with Gasteiger partial charge in [0.1, 0.15) is 5.69 Å². The fourth-order valence-electron chi connectivity index (χ4n) is 1.32. The van der Waals surface area contributed by atoms with Crippen LogP contribution >= 0.6 is 0 Å². The Morgan fingerprint density at radius 3 is 2.30 bits per heavy atom. The van der Waals surface area contributed by atoms with Crippen molar-refractivity contribution in [3.63, 3.8) is 0 Å². The maximum atomic E-state index is 11.4. The van der Waals surface area contributed by atoms with E-state index in [2.05, 4.69) is 5.32 Å². The van der Waals surface area contributed by atoms with Crippen LogP contribution in [0.2, 0.25) is 0 Å². The number of nitro benzene ring substituents is 2. The Hall–Kier alpha value is -3.04. The van der Waals surface area contributed by atoms with Crippen LogP contribution in [0.25, 0.3) is 0 Å². The average molecular weight is 283 g/mol. The zero-order valence-electron chi connectivity index (χ0n) is 9.94. The number of hydrogen-bond donors (Lipinski definition) is 2. The second kappa shape index (κ2) is 6.22. The third kappa shape index (κ3) is 4.01. The van der Waals surface area contributed by atoms with Crippen molar-refractivity contribution in [1.82, 2.24) is 0 Å². The minimum absolute atomic E-state index is 0.226. The van der Waals surface area contributed by atoms with Gasteiger partial charge in [-0.05, 0) is 6.07 Å². The Morgan fingerprint density at radius 1 is 1.15 bits per heavy atom. The van der Waals surface area contributed by atoms with Gasteiger partial charge in [0.15, 0.2) is 0 Å². The van der Waals surface area contributed by atoms with E-state index >= 15 is 0 Å². The molecule has 0 aliphatic heterocycles. The summed E-state index contributed by atoms with van der Waals surface area (Å²) in [5.74, 6) is -1.91. The quantitative estimate of drug-likeness (QED) is 0.589. The number of non-ortho nitro benzene ring substituents is 1. The van der Waals surface area contributed by atoms with Gasteiger partial charge in [0.25, 0.3) is 11.4 Å². The van der Waals surface area contributed by atoms with Gasteiger partial charge in [-0.3, -0.25) is 29.8 Å². The van der Waals surface area contributed by atoms with Crippen LogP contribution < -0.4 is 5.32 Å². The van der Waals surface area contributed by atoms with Crippen molar-refractivity contribution >= 4 is 28.9 Å². The molecule has 0 saturated heterocycles. The Bertz CT molecular complexity index is 584. The van der Waals surface area contributed by atoms with Crippen LogP contribution in [0.3, 0.4) is 0 Å². The van der Waals surface area contributed by atoms with Crippen LogP contribution in [0, 0.1) is 20.2 Å². The maximum Gasteiger partial charge on any atom is 0.303 e. The lowest BCUT2D eigenvalue weighted by molar-refractivity contribution is -0.393. The van der Waals surface area contributed by atoms with E-state index in [1.165, 1.54) is 0 Å². The van der Waals surface area contributed by atoms with E-state index in [0.717, 1.165) is 12.1 Å². The highest BCUT2D eigenvalue weighted by Gasteiger charge is 2.20. The molecule has 0 heterocycles. The average Bonchev–Trinajstić information content (AvgIpc) is 2.36. The third-order valence-electron chi connectivity index (χ3n) is 2.23. The van der Waals surface area contributed by atoms with E-state index < -0.39 is 39.5 Å². The maximum absolute atomic E-state index is 11.4. The lowest BCUT2D eigenvalue weighted by atomic mass is 10.2. The summed E-state index contributed by atoms with van der Waals surface area (Å²) in [5.41, 5.74) is -1.35. The molecule has 10 nitrogen and oxygen atoms in total. The number of nitrogens with one attached hydrogen (secondary N) is 1. The zero-order chi connectivity index (χ0) is 15.3. The summed E-state index contributed by atoms with van der Waals surface area (Å²) in [7, 11) is 0. The summed E-state index contributed by atoms with van der Waals surface area (Å²) in [6, 6.07) is 2.74. The van der Waals surface area contributed by atoms with Gasteiger partial charge < -0.3 is 10.4 Å². The van der Waals surface area contributed by atoms with Crippen LogP contribution in [0.15, 0.2) is 18.2 Å². The molecule has 0 aromatic heterocycles. The molecule has 1 aromatic rings. The molecular weight excluding hydrogens is 274 g/mol. The Morgan fingerprint density at radius 2 is 1.80 bits per heavy atom. The molecule has 106 valence electrons. The van der Waals surface area contributed by atoms with E-state index in [1.807, 2.05) is 0 Å². The van der Waals surface area contributed by atoms with E-state index in [9.17, 15) is 29.8 Å². The Labute approximate surface area is 111 Å². The summed E-state index contributed by atoms with van der Waals surface area (Å²) in [4.78, 5) is 41.3. The minimum Gasteiger partial charge on any atom is -0.481 e.